The summed E-state index contributed by atoms with van der Waals surface area (Å²) in [6.45, 7) is 1.40. The van der Waals surface area contributed by atoms with Crippen molar-refractivity contribution in [1.29, 1.82) is 0 Å². The predicted octanol–water partition coefficient (Wildman–Crippen LogP) is 4.52. The number of nitrogens with two attached hydrogens (primary N) is 1. The highest BCUT2D eigenvalue weighted by molar-refractivity contribution is 5.89. The van der Waals surface area contributed by atoms with E-state index in [1.807, 2.05) is 0 Å². The second-order valence-corrected chi connectivity index (χ2v) is 6.04. The van der Waals surface area contributed by atoms with Crippen molar-refractivity contribution < 1.29 is 18.0 Å². The fourth-order valence-electron chi connectivity index (χ4n) is 2.54. The number of carbonyl (C=O) groups is 1. The molecule has 0 unspecified atom stereocenters. The van der Waals surface area contributed by atoms with Gasteiger partial charge in [-0.15, -0.1) is 0 Å². The summed E-state index contributed by atoms with van der Waals surface area (Å²) in [7, 11) is 0. The number of halogens is 3. The van der Waals surface area contributed by atoms with Gasteiger partial charge in [-0.1, -0.05) is 12.1 Å². The Morgan fingerprint density at radius 3 is 2.14 bits per heavy atom. The van der Waals surface area contributed by atoms with Crippen LogP contribution in [0.1, 0.15) is 12.5 Å². The molecule has 0 aliphatic heterocycles. The topological polar surface area (TPSA) is 105 Å². The van der Waals surface area contributed by atoms with Gasteiger partial charge in [0.05, 0.1) is 11.3 Å². The molecule has 2 aromatic carbocycles. The van der Waals surface area contributed by atoms with Crippen molar-refractivity contribution in [2.75, 3.05) is 21.7 Å². The van der Waals surface area contributed by atoms with Gasteiger partial charge in [0, 0.05) is 18.3 Å². The Balaban J connectivity index is 1.83. The first kappa shape index (κ1) is 19.9. The van der Waals surface area contributed by atoms with E-state index in [4.69, 9.17) is 5.73 Å². The van der Waals surface area contributed by atoms with Crippen LogP contribution in [0.4, 0.5) is 47.6 Å². The Hall–Kier alpha value is -3.82. The molecular formula is C19H17F3N6O. The number of nitrogens with one attached hydrogen (secondary N) is 3. The molecule has 7 nitrogen and oxygen atoms in total. The number of rotatable bonds is 5. The zero-order chi connectivity index (χ0) is 21.0. The lowest BCUT2D eigenvalue weighted by Gasteiger charge is -2.16. The molecule has 10 heteroatoms. The zero-order valence-corrected chi connectivity index (χ0v) is 15.2. The van der Waals surface area contributed by atoms with E-state index in [0.717, 1.165) is 6.07 Å². The highest BCUT2D eigenvalue weighted by Gasteiger charge is 2.33. The number of carbonyl (C=O) groups excluding carboxylic acids is 1. The smallest absolute Gasteiger partial charge is 0.393 e. The third kappa shape index (κ3) is 4.92. The van der Waals surface area contributed by atoms with E-state index in [1.165, 1.54) is 31.5 Å². The molecule has 0 bridgehead atoms. The van der Waals surface area contributed by atoms with Crippen LogP contribution in [-0.2, 0) is 11.0 Å². The fraction of sp³-hybridized carbons (Fsp3) is 0.105. The summed E-state index contributed by atoms with van der Waals surface area (Å²) >= 11 is 0. The molecule has 0 aliphatic carbocycles. The minimum Gasteiger partial charge on any atom is -0.393 e. The lowest BCUT2D eigenvalue weighted by molar-refractivity contribution is -0.136. The molecule has 0 fully saturated rings. The standard InChI is InChI=1S/C19H17F3N6O/c1-11(29)26-12-6-8-13(9-7-12)27-17-16(23)18(25-10-24-17)28-15-5-3-2-4-14(15)19(20,21)22/h2-10H,23H2,1H3,(H,26,29)(H2,24,25,27,28). The maximum atomic E-state index is 13.2. The highest BCUT2D eigenvalue weighted by atomic mass is 19.4. The molecule has 0 atom stereocenters. The van der Waals surface area contributed by atoms with Crippen LogP contribution in [0.2, 0.25) is 0 Å². The summed E-state index contributed by atoms with van der Waals surface area (Å²) in [4.78, 5) is 19.1. The van der Waals surface area contributed by atoms with E-state index in [-0.39, 0.29) is 28.9 Å². The second-order valence-electron chi connectivity index (χ2n) is 6.04. The second kappa shape index (κ2) is 8.05. The molecule has 0 spiro atoms. The zero-order valence-electron chi connectivity index (χ0n) is 15.2. The number of anilines is 6. The van der Waals surface area contributed by atoms with Gasteiger partial charge in [-0.2, -0.15) is 13.2 Å². The minimum absolute atomic E-state index is 0.0362. The molecule has 150 valence electrons. The minimum atomic E-state index is -4.53. The van der Waals surface area contributed by atoms with Crippen LogP contribution in [0.5, 0.6) is 0 Å². The first-order valence-corrected chi connectivity index (χ1v) is 8.42. The summed E-state index contributed by atoms with van der Waals surface area (Å²) in [5.41, 5.74) is 6.33. The Bertz CT molecular complexity index is 1020. The Labute approximate surface area is 164 Å². The Morgan fingerprint density at radius 1 is 0.931 bits per heavy atom. The average Bonchev–Trinajstić information content (AvgIpc) is 2.66. The lowest BCUT2D eigenvalue weighted by atomic mass is 10.1. The molecular weight excluding hydrogens is 385 g/mol. The molecule has 0 aliphatic rings. The van der Waals surface area contributed by atoms with E-state index in [1.54, 1.807) is 24.3 Å². The number of hydrogen-bond donors (Lipinski definition) is 4. The Kier molecular flexibility index (Phi) is 5.53. The van der Waals surface area contributed by atoms with Gasteiger partial charge in [0.25, 0.3) is 0 Å². The van der Waals surface area contributed by atoms with Gasteiger partial charge < -0.3 is 21.7 Å². The SMILES string of the molecule is CC(=O)Nc1ccc(Nc2ncnc(Nc3ccccc3C(F)(F)F)c2N)cc1. The number of nitrogens with zero attached hydrogens (tertiary/aromatic N) is 2. The van der Waals surface area contributed by atoms with Crippen molar-refractivity contribution in [3.05, 3.63) is 60.4 Å². The van der Waals surface area contributed by atoms with E-state index < -0.39 is 11.7 Å². The van der Waals surface area contributed by atoms with Gasteiger partial charge >= 0.3 is 6.18 Å². The maximum Gasteiger partial charge on any atom is 0.418 e. The number of hydrogen-bond acceptors (Lipinski definition) is 6. The van der Waals surface area contributed by atoms with Gasteiger partial charge in [0.1, 0.15) is 12.0 Å². The molecule has 1 heterocycles. The number of aromatic nitrogens is 2. The summed E-state index contributed by atoms with van der Waals surface area (Å²) in [6, 6.07) is 11.8. The maximum absolute atomic E-state index is 13.2. The first-order valence-electron chi connectivity index (χ1n) is 8.42. The predicted molar refractivity (Wildman–Crippen MR) is 105 cm³/mol. The summed E-state index contributed by atoms with van der Waals surface area (Å²) < 4.78 is 39.6. The van der Waals surface area contributed by atoms with Gasteiger partial charge in [0.2, 0.25) is 5.91 Å². The van der Waals surface area contributed by atoms with E-state index in [9.17, 15) is 18.0 Å². The van der Waals surface area contributed by atoms with Crippen molar-refractivity contribution in [3.8, 4) is 0 Å². The van der Waals surface area contributed by atoms with Crippen LogP contribution < -0.4 is 21.7 Å². The monoisotopic (exact) mass is 402 g/mol. The van der Waals surface area contributed by atoms with Crippen LogP contribution in [0.3, 0.4) is 0 Å². The van der Waals surface area contributed by atoms with Crippen LogP contribution >= 0.6 is 0 Å². The summed E-state index contributed by atoms with van der Waals surface area (Å²) in [5, 5.41) is 8.24. The molecule has 1 aromatic heterocycles. The lowest BCUT2D eigenvalue weighted by Crippen LogP contribution is -2.10. The van der Waals surface area contributed by atoms with Gasteiger partial charge in [-0.05, 0) is 36.4 Å². The first-order chi connectivity index (χ1) is 13.7. The van der Waals surface area contributed by atoms with Crippen LogP contribution in [-0.4, -0.2) is 15.9 Å². The van der Waals surface area contributed by atoms with Crippen molar-refractivity contribution in [2.45, 2.75) is 13.1 Å². The van der Waals surface area contributed by atoms with Gasteiger partial charge in [0.15, 0.2) is 11.6 Å². The molecule has 1 amide bonds. The van der Waals surface area contributed by atoms with Crippen molar-refractivity contribution in [3.63, 3.8) is 0 Å². The number of para-hydroxylation sites is 1. The molecule has 0 saturated carbocycles. The molecule has 29 heavy (non-hydrogen) atoms. The van der Waals surface area contributed by atoms with Crippen molar-refractivity contribution >= 4 is 40.3 Å². The number of alkyl halides is 3. The van der Waals surface area contributed by atoms with Gasteiger partial charge in [-0.25, -0.2) is 9.97 Å². The van der Waals surface area contributed by atoms with E-state index in [0.29, 0.717) is 11.4 Å². The van der Waals surface area contributed by atoms with Gasteiger partial charge in [-0.3, -0.25) is 4.79 Å². The van der Waals surface area contributed by atoms with Crippen LogP contribution in [0.25, 0.3) is 0 Å². The molecule has 0 radical (unpaired) electrons. The molecule has 5 N–H and O–H groups in total. The molecule has 0 saturated heterocycles. The fourth-order valence-corrected chi connectivity index (χ4v) is 2.54. The summed E-state index contributed by atoms with van der Waals surface area (Å²) in [5.74, 6) is 0.0638. The quantitative estimate of drug-likeness (QED) is 0.500. The van der Waals surface area contributed by atoms with E-state index in [2.05, 4.69) is 25.9 Å². The van der Waals surface area contributed by atoms with E-state index >= 15 is 0 Å². The normalized spacial score (nSPS) is 11.0. The van der Waals surface area contributed by atoms with Crippen LogP contribution in [0, 0.1) is 0 Å². The number of amides is 1. The van der Waals surface area contributed by atoms with Crippen molar-refractivity contribution in [2.24, 2.45) is 0 Å². The summed E-state index contributed by atoms with van der Waals surface area (Å²) in [6.07, 6.45) is -3.34. The highest BCUT2D eigenvalue weighted by Crippen LogP contribution is 2.37. The van der Waals surface area contributed by atoms with Crippen molar-refractivity contribution in [1.82, 2.24) is 9.97 Å². The number of nitrogen functional groups attached to an aromatic ring is 1. The van der Waals surface area contributed by atoms with Crippen LogP contribution in [0.15, 0.2) is 54.9 Å². The third-order valence-electron chi connectivity index (χ3n) is 3.84. The molecule has 3 aromatic rings. The molecule has 3 rings (SSSR count). The Morgan fingerprint density at radius 2 is 1.52 bits per heavy atom. The largest absolute Gasteiger partial charge is 0.418 e. The average molecular weight is 402 g/mol. The number of benzene rings is 2. The third-order valence-corrected chi connectivity index (χ3v) is 3.84.